The number of nitrogens with two attached hydrogens (primary N) is 1. The first-order valence-corrected chi connectivity index (χ1v) is 6.18. The second-order valence-corrected chi connectivity index (χ2v) is 4.71. The summed E-state index contributed by atoms with van der Waals surface area (Å²) in [5.74, 6) is 5.85. The predicted molar refractivity (Wildman–Crippen MR) is 55.6 cm³/mol. The van der Waals surface area contributed by atoms with Gasteiger partial charge in [-0.2, -0.15) is 24.9 Å². The van der Waals surface area contributed by atoms with Gasteiger partial charge in [-0.15, -0.1) is 11.3 Å². The lowest BCUT2D eigenvalue weighted by Gasteiger charge is -2.11. The Hall–Kier alpha value is -0.310. The molecule has 0 aliphatic carbocycles. The van der Waals surface area contributed by atoms with Gasteiger partial charge in [-0.25, -0.2) is 4.98 Å². The number of thiazole rings is 1. The van der Waals surface area contributed by atoms with Crippen molar-refractivity contribution in [3.63, 3.8) is 0 Å². The summed E-state index contributed by atoms with van der Waals surface area (Å²) in [5.41, 5.74) is 2.47. The van der Waals surface area contributed by atoms with E-state index in [9.17, 15) is 13.2 Å². The van der Waals surface area contributed by atoms with Crippen molar-refractivity contribution in [2.24, 2.45) is 5.84 Å². The van der Waals surface area contributed by atoms with Crippen LogP contribution in [0.15, 0.2) is 6.20 Å². The lowest BCUT2D eigenvalue weighted by atomic mass is 10.3. The van der Waals surface area contributed by atoms with Crippen LogP contribution in [0.25, 0.3) is 0 Å². The van der Waals surface area contributed by atoms with Crippen LogP contribution in [-0.2, 0) is 6.18 Å². The van der Waals surface area contributed by atoms with Gasteiger partial charge in [-0.1, -0.05) is 0 Å². The van der Waals surface area contributed by atoms with Gasteiger partial charge in [0.25, 0.3) is 0 Å². The molecule has 3 nitrogen and oxygen atoms in total. The highest BCUT2D eigenvalue weighted by atomic mass is 32.2. The number of nitrogens with zero attached hydrogens (tertiary/aromatic N) is 1. The van der Waals surface area contributed by atoms with Crippen LogP contribution in [0, 0.1) is 0 Å². The Balaban J connectivity index is 2.82. The molecule has 1 atom stereocenters. The molecule has 0 radical (unpaired) electrons. The molecule has 86 valence electrons. The molecule has 1 heterocycles. The van der Waals surface area contributed by atoms with E-state index in [4.69, 9.17) is 5.84 Å². The number of thioether (sulfide) groups is 1. The predicted octanol–water partition coefficient (Wildman–Crippen LogP) is 2.03. The molecule has 0 aliphatic heterocycles. The third-order valence-electron chi connectivity index (χ3n) is 1.64. The highest BCUT2D eigenvalue weighted by Gasteiger charge is 2.35. The molecule has 3 N–H and O–H groups in total. The number of nitrogens with one attached hydrogen (secondary N) is 1. The van der Waals surface area contributed by atoms with Gasteiger partial charge < -0.3 is 0 Å². The molecule has 1 aromatic rings. The van der Waals surface area contributed by atoms with Gasteiger partial charge in [0.15, 0.2) is 5.01 Å². The van der Waals surface area contributed by atoms with Crippen molar-refractivity contribution in [1.29, 1.82) is 0 Å². The van der Waals surface area contributed by atoms with Crippen LogP contribution in [0.5, 0.6) is 0 Å². The van der Waals surface area contributed by atoms with Crippen molar-refractivity contribution in [1.82, 2.24) is 10.4 Å². The van der Waals surface area contributed by atoms with E-state index in [2.05, 4.69) is 10.4 Å². The maximum Gasteiger partial charge on any atom is 0.443 e. The third kappa shape index (κ3) is 3.33. The summed E-state index contributed by atoms with van der Waals surface area (Å²) >= 11 is 2.12. The summed E-state index contributed by atoms with van der Waals surface area (Å²) in [4.78, 5) is 3.83. The highest BCUT2D eigenvalue weighted by Crippen LogP contribution is 2.34. The van der Waals surface area contributed by atoms with Crippen LogP contribution in [0.4, 0.5) is 13.2 Å². The third-order valence-corrected chi connectivity index (χ3v) is 3.47. The monoisotopic (exact) mass is 257 g/mol. The number of halogens is 3. The zero-order chi connectivity index (χ0) is 11.5. The Morgan fingerprint density at radius 1 is 1.67 bits per heavy atom. The van der Waals surface area contributed by atoms with Crippen LogP contribution in [-0.4, -0.2) is 17.0 Å². The molecular formula is C7H10F3N3S2. The number of alkyl halides is 3. The summed E-state index contributed by atoms with van der Waals surface area (Å²) in [6.45, 7) is 0. The van der Waals surface area contributed by atoms with Crippen molar-refractivity contribution in [2.75, 3.05) is 12.0 Å². The molecule has 0 amide bonds. The molecule has 0 aliphatic rings. The summed E-state index contributed by atoms with van der Waals surface area (Å²) in [6.07, 6.45) is -1.30. The van der Waals surface area contributed by atoms with Gasteiger partial charge in [0.05, 0.1) is 6.04 Å². The topological polar surface area (TPSA) is 50.9 Å². The number of rotatable bonds is 4. The Kier molecular flexibility index (Phi) is 4.38. The van der Waals surface area contributed by atoms with E-state index in [0.29, 0.717) is 22.0 Å². The number of hydrogen-bond donors (Lipinski definition) is 2. The van der Waals surface area contributed by atoms with Crippen LogP contribution in [0.2, 0.25) is 0 Å². The first-order valence-electron chi connectivity index (χ1n) is 3.97. The fraction of sp³-hybridized carbons (Fsp3) is 0.571. The van der Waals surface area contributed by atoms with Gasteiger partial charge in [0, 0.05) is 16.8 Å². The van der Waals surface area contributed by atoms with Gasteiger partial charge in [0.1, 0.15) is 0 Å². The van der Waals surface area contributed by atoms with Crippen LogP contribution in [0.3, 0.4) is 0 Å². The van der Waals surface area contributed by atoms with Gasteiger partial charge in [-0.3, -0.25) is 11.3 Å². The molecule has 0 saturated heterocycles. The van der Waals surface area contributed by atoms with Crippen LogP contribution < -0.4 is 11.3 Å². The zero-order valence-electron chi connectivity index (χ0n) is 7.84. The maximum atomic E-state index is 12.2. The van der Waals surface area contributed by atoms with Gasteiger partial charge >= 0.3 is 6.18 Å². The smallest absolute Gasteiger partial charge is 0.271 e. The van der Waals surface area contributed by atoms with Crippen molar-refractivity contribution >= 4 is 23.1 Å². The normalized spacial score (nSPS) is 14.2. The minimum absolute atomic E-state index is 0.284. The van der Waals surface area contributed by atoms with Gasteiger partial charge in [0.2, 0.25) is 0 Å². The molecular weight excluding hydrogens is 247 g/mol. The summed E-state index contributed by atoms with van der Waals surface area (Å²) in [5, 5.41) is -0.834. The SMILES string of the molecule is CSCC(NN)c1cnc(C(F)(F)F)s1. The fourth-order valence-corrected chi connectivity index (χ4v) is 2.52. The van der Waals surface area contributed by atoms with E-state index in [0.717, 1.165) is 0 Å². The van der Waals surface area contributed by atoms with Gasteiger partial charge in [-0.05, 0) is 6.26 Å². The summed E-state index contributed by atoms with van der Waals surface area (Å²) in [7, 11) is 0. The molecule has 0 fully saturated rings. The number of aromatic nitrogens is 1. The molecule has 0 spiro atoms. The lowest BCUT2D eigenvalue weighted by Crippen LogP contribution is -2.28. The van der Waals surface area contributed by atoms with E-state index >= 15 is 0 Å². The molecule has 0 aromatic carbocycles. The minimum atomic E-state index is -4.37. The second-order valence-electron chi connectivity index (χ2n) is 2.74. The molecule has 15 heavy (non-hydrogen) atoms. The summed E-state index contributed by atoms with van der Waals surface area (Å²) < 4.78 is 36.7. The Morgan fingerprint density at radius 3 is 2.73 bits per heavy atom. The molecule has 0 saturated carbocycles. The Labute approximate surface area is 93.2 Å². The lowest BCUT2D eigenvalue weighted by molar-refractivity contribution is -0.137. The molecule has 1 aromatic heterocycles. The van der Waals surface area contributed by atoms with E-state index in [-0.39, 0.29) is 6.04 Å². The highest BCUT2D eigenvalue weighted by molar-refractivity contribution is 7.98. The van der Waals surface area contributed by atoms with E-state index in [1.54, 1.807) is 0 Å². The standard InChI is InChI=1S/C7H10F3N3S2/c1-14-3-4(13-11)5-2-12-6(15-5)7(8,9)10/h2,4,13H,3,11H2,1H3. The van der Waals surface area contributed by atoms with Crippen LogP contribution >= 0.6 is 23.1 Å². The second kappa shape index (κ2) is 5.15. The minimum Gasteiger partial charge on any atom is -0.271 e. The average Bonchev–Trinajstić information content (AvgIpc) is 2.62. The summed E-state index contributed by atoms with van der Waals surface area (Å²) in [6, 6.07) is -0.284. The molecule has 1 unspecified atom stereocenters. The Morgan fingerprint density at radius 2 is 2.33 bits per heavy atom. The van der Waals surface area contributed by atoms with E-state index in [1.807, 2.05) is 6.26 Å². The average molecular weight is 257 g/mol. The largest absolute Gasteiger partial charge is 0.443 e. The number of hydrogen-bond acceptors (Lipinski definition) is 5. The first-order chi connectivity index (χ1) is 6.99. The van der Waals surface area contributed by atoms with Crippen molar-refractivity contribution in [3.8, 4) is 0 Å². The fourth-order valence-electron chi connectivity index (χ4n) is 0.958. The van der Waals surface area contributed by atoms with E-state index < -0.39 is 11.2 Å². The quantitative estimate of drug-likeness (QED) is 0.640. The van der Waals surface area contributed by atoms with Crippen molar-refractivity contribution in [2.45, 2.75) is 12.2 Å². The Bertz CT molecular complexity index is 313. The van der Waals surface area contributed by atoms with Crippen molar-refractivity contribution in [3.05, 3.63) is 16.1 Å². The van der Waals surface area contributed by atoms with E-state index in [1.165, 1.54) is 18.0 Å². The number of hydrazine groups is 1. The molecule has 0 bridgehead atoms. The van der Waals surface area contributed by atoms with Crippen molar-refractivity contribution < 1.29 is 13.2 Å². The molecule has 1 rings (SSSR count). The maximum absolute atomic E-state index is 12.2. The van der Waals surface area contributed by atoms with Crippen LogP contribution in [0.1, 0.15) is 15.9 Å². The molecule has 8 heteroatoms. The first kappa shape index (κ1) is 12.8. The zero-order valence-corrected chi connectivity index (χ0v) is 9.47.